The summed E-state index contributed by atoms with van der Waals surface area (Å²) in [5.41, 5.74) is 3.76. The van der Waals surface area contributed by atoms with Crippen molar-refractivity contribution >= 4 is 23.3 Å². The molecule has 2 N–H and O–H groups in total. The lowest BCUT2D eigenvalue weighted by Gasteiger charge is -2.32. The molecule has 1 heterocycles. The predicted octanol–water partition coefficient (Wildman–Crippen LogP) is 4.19. The van der Waals surface area contributed by atoms with E-state index in [0.717, 1.165) is 35.3 Å². The normalized spacial score (nSPS) is 16.8. The third-order valence-electron chi connectivity index (χ3n) is 4.76. The van der Waals surface area contributed by atoms with Crippen molar-refractivity contribution in [2.45, 2.75) is 26.7 Å². The van der Waals surface area contributed by atoms with Crippen molar-refractivity contribution in [1.82, 2.24) is 4.90 Å². The minimum atomic E-state index is -0.190. The van der Waals surface area contributed by atoms with Gasteiger partial charge in [-0.05, 0) is 56.0 Å². The van der Waals surface area contributed by atoms with E-state index in [1.165, 1.54) is 0 Å². The maximum absolute atomic E-state index is 12.7. The van der Waals surface area contributed by atoms with Crippen LogP contribution in [0.1, 0.15) is 24.0 Å². The van der Waals surface area contributed by atoms with E-state index < -0.39 is 0 Å². The van der Waals surface area contributed by atoms with Gasteiger partial charge in [0.1, 0.15) is 0 Å². The first-order chi connectivity index (χ1) is 12.5. The van der Waals surface area contributed by atoms with Crippen LogP contribution in [0, 0.1) is 19.8 Å². The van der Waals surface area contributed by atoms with Crippen LogP contribution in [0.4, 0.5) is 16.2 Å². The quantitative estimate of drug-likeness (QED) is 0.871. The molecular weight excluding hydrogens is 326 g/mol. The van der Waals surface area contributed by atoms with Gasteiger partial charge in [0.05, 0.1) is 5.92 Å². The number of amides is 3. The van der Waals surface area contributed by atoms with Crippen LogP contribution in [0.2, 0.25) is 0 Å². The van der Waals surface area contributed by atoms with Gasteiger partial charge in [0, 0.05) is 24.5 Å². The van der Waals surface area contributed by atoms with Gasteiger partial charge in [0.2, 0.25) is 5.91 Å². The van der Waals surface area contributed by atoms with Crippen LogP contribution in [0.3, 0.4) is 0 Å². The first kappa shape index (κ1) is 18.0. The highest BCUT2D eigenvalue weighted by Gasteiger charge is 2.28. The third-order valence-corrected chi connectivity index (χ3v) is 4.76. The zero-order valence-electron chi connectivity index (χ0n) is 15.3. The second kappa shape index (κ2) is 8.04. The Balaban J connectivity index is 1.61. The fourth-order valence-electron chi connectivity index (χ4n) is 3.20. The number of urea groups is 1. The Morgan fingerprint density at radius 1 is 1.04 bits per heavy atom. The molecule has 5 heteroatoms. The van der Waals surface area contributed by atoms with Crippen molar-refractivity contribution in [3.8, 4) is 0 Å². The largest absolute Gasteiger partial charge is 0.326 e. The Hall–Kier alpha value is -2.82. The van der Waals surface area contributed by atoms with Gasteiger partial charge in [-0.15, -0.1) is 0 Å². The average Bonchev–Trinajstić information content (AvgIpc) is 2.65. The van der Waals surface area contributed by atoms with Crippen LogP contribution in [0.15, 0.2) is 48.5 Å². The molecule has 5 nitrogen and oxygen atoms in total. The van der Waals surface area contributed by atoms with Crippen molar-refractivity contribution in [1.29, 1.82) is 0 Å². The average molecular weight is 351 g/mol. The summed E-state index contributed by atoms with van der Waals surface area (Å²) >= 11 is 0. The van der Waals surface area contributed by atoms with Gasteiger partial charge in [0.15, 0.2) is 0 Å². The fourth-order valence-corrected chi connectivity index (χ4v) is 3.20. The number of rotatable bonds is 3. The molecule has 1 aliphatic heterocycles. The number of benzene rings is 2. The van der Waals surface area contributed by atoms with Gasteiger partial charge in [-0.3, -0.25) is 4.79 Å². The fraction of sp³-hybridized carbons (Fsp3) is 0.333. The lowest BCUT2D eigenvalue weighted by Crippen LogP contribution is -2.45. The molecule has 136 valence electrons. The predicted molar refractivity (Wildman–Crippen MR) is 104 cm³/mol. The number of aryl methyl sites for hydroxylation is 2. The molecule has 1 saturated heterocycles. The zero-order valence-corrected chi connectivity index (χ0v) is 15.3. The van der Waals surface area contributed by atoms with Gasteiger partial charge in [0.25, 0.3) is 0 Å². The Kier molecular flexibility index (Phi) is 5.56. The van der Waals surface area contributed by atoms with E-state index in [4.69, 9.17) is 0 Å². The lowest BCUT2D eigenvalue weighted by atomic mass is 9.97. The number of nitrogens with one attached hydrogen (secondary N) is 2. The van der Waals surface area contributed by atoms with Crippen LogP contribution in [0.5, 0.6) is 0 Å². The van der Waals surface area contributed by atoms with Crippen molar-refractivity contribution in [3.05, 3.63) is 59.7 Å². The number of para-hydroxylation sites is 1. The smallest absolute Gasteiger partial charge is 0.321 e. The van der Waals surface area contributed by atoms with E-state index in [1.54, 1.807) is 4.90 Å². The van der Waals surface area contributed by atoms with E-state index in [2.05, 4.69) is 10.6 Å². The van der Waals surface area contributed by atoms with Gasteiger partial charge >= 0.3 is 6.03 Å². The van der Waals surface area contributed by atoms with E-state index >= 15 is 0 Å². The summed E-state index contributed by atoms with van der Waals surface area (Å²) in [7, 11) is 0. The Morgan fingerprint density at radius 3 is 2.58 bits per heavy atom. The first-order valence-electron chi connectivity index (χ1n) is 9.02. The molecule has 1 atom stereocenters. The monoisotopic (exact) mass is 351 g/mol. The number of hydrogen-bond donors (Lipinski definition) is 2. The number of piperidine rings is 1. The van der Waals surface area contributed by atoms with Crippen molar-refractivity contribution < 1.29 is 9.59 Å². The SMILES string of the molecule is Cc1ccc(C)c(NC(=O)[C@H]2CCCN(C(=O)Nc3ccccc3)C2)c1. The summed E-state index contributed by atoms with van der Waals surface area (Å²) in [5.74, 6) is -0.207. The molecule has 2 aromatic carbocycles. The van der Waals surface area contributed by atoms with Crippen LogP contribution in [-0.4, -0.2) is 29.9 Å². The summed E-state index contributed by atoms with van der Waals surface area (Å²) in [6.07, 6.45) is 1.62. The van der Waals surface area contributed by atoms with Crippen LogP contribution in [-0.2, 0) is 4.79 Å². The topological polar surface area (TPSA) is 61.4 Å². The number of carbonyl (C=O) groups is 2. The molecule has 1 fully saturated rings. The van der Waals surface area contributed by atoms with Crippen molar-refractivity contribution in [2.24, 2.45) is 5.92 Å². The molecule has 2 aromatic rings. The van der Waals surface area contributed by atoms with E-state index in [0.29, 0.717) is 13.1 Å². The molecule has 0 bridgehead atoms. The Labute approximate surface area is 154 Å². The van der Waals surface area contributed by atoms with Gasteiger partial charge in [-0.25, -0.2) is 4.79 Å². The summed E-state index contributed by atoms with van der Waals surface area (Å²) < 4.78 is 0. The van der Waals surface area contributed by atoms with E-state index in [9.17, 15) is 9.59 Å². The summed E-state index contributed by atoms with van der Waals surface area (Å²) in [6, 6.07) is 15.2. The molecule has 26 heavy (non-hydrogen) atoms. The first-order valence-corrected chi connectivity index (χ1v) is 9.02. The molecule has 1 aliphatic rings. The number of likely N-dealkylation sites (tertiary alicyclic amines) is 1. The maximum Gasteiger partial charge on any atom is 0.321 e. The van der Waals surface area contributed by atoms with Gasteiger partial charge in [-0.2, -0.15) is 0 Å². The maximum atomic E-state index is 12.7. The highest BCUT2D eigenvalue weighted by atomic mass is 16.2. The third kappa shape index (κ3) is 4.42. The summed E-state index contributed by atoms with van der Waals surface area (Å²) in [4.78, 5) is 26.9. The molecule has 0 radical (unpaired) electrons. The minimum absolute atomic E-state index is 0.0177. The van der Waals surface area contributed by atoms with Crippen LogP contribution < -0.4 is 10.6 Å². The lowest BCUT2D eigenvalue weighted by molar-refractivity contribution is -0.121. The highest BCUT2D eigenvalue weighted by Crippen LogP contribution is 2.22. The van der Waals surface area contributed by atoms with Crippen molar-refractivity contribution in [3.63, 3.8) is 0 Å². The molecule has 0 saturated carbocycles. The molecule has 0 aliphatic carbocycles. The number of nitrogens with zero attached hydrogens (tertiary/aromatic N) is 1. The standard InChI is InChI=1S/C21H25N3O2/c1-15-10-11-16(2)19(13-15)23-20(25)17-7-6-12-24(14-17)21(26)22-18-8-4-3-5-9-18/h3-5,8-11,13,17H,6-7,12,14H2,1-2H3,(H,22,26)(H,23,25)/t17-/m0/s1. The number of carbonyl (C=O) groups excluding carboxylic acids is 2. The molecule has 0 spiro atoms. The number of hydrogen-bond acceptors (Lipinski definition) is 2. The van der Waals surface area contributed by atoms with E-state index in [1.807, 2.05) is 62.4 Å². The summed E-state index contributed by atoms with van der Waals surface area (Å²) in [6.45, 7) is 5.10. The molecule has 0 aromatic heterocycles. The molecule has 3 rings (SSSR count). The zero-order chi connectivity index (χ0) is 18.5. The van der Waals surface area contributed by atoms with Crippen LogP contribution in [0.25, 0.3) is 0 Å². The Morgan fingerprint density at radius 2 is 1.81 bits per heavy atom. The second-order valence-electron chi connectivity index (χ2n) is 6.89. The minimum Gasteiger partial charge on any atom is -0.326 e. The highest BCUT2D eigenvalue weighted by molar-refractivity contribution is 5.94. The van der Waals surface area contributed by atoms with E-state index in [-0.39, 0.29) is 17.9 Å². The molecule has 0 unspecified atom stereocenters. The van der Waals surface area contributed by atoms with Crippen LogP contribution >= 0.6 is 0 Å². The Bertz CT molecular complexity index is 789. The number of anilines is 2. The van der Waals surface area contributed by atoms with Gasteiger partial charge < -0.3 is 15.5 Å². The summed E-state index contributed by atoms with van der Waals surface area (Å²) in [5, 5.41) is 5.93. The molecular formula is C21H25N3O2. The molecule has 3 amide bonds. The van der Waals surface area contributed by atoms with Crippen molar-refractivity contribution in [2.75, 3.05) is 23.7 Å². The van der Waals surface area contributed by atoms with Gasteiger partial charge in [-0.1, -0.05) is 30.3 Å². The second-order valence-corrected chi connectivity index (χ2v) is 6.89.